The molecule has 0 aliphatic heterocycles. The van der Waals surface area contributed by atoms with E-state index in [-0.39, 0.29) is 0 Å². The largest absolute Gasteiger partial charge is 0.261 e. The molecule has 0 radical (unpaired) electrons. The van der Waals surface area contributed by atoms with E-state index in [1.807, 2.05) is 11.8 Å². The number of nitrogens with zero attached hydrogens (tertiary/aromatic N) is 1. The van der Waals surface area contributed by atoms with Crippen LogP contribution in [-0.2, 0) is 10.0 Å². The number of aromatic nitrogens is 1. The molecular formula is C12H19FN2O2S2. The molecule has 1 aromatic heterocycles. The second kappa shape index (κ2) is 8.50. The van der Waals surface area contributed by atoms with Gasteiger partial charge in [0.2, 0.25) is 5.03 Å². The van der Waals surface area contributed by atoms with Crippen LogP contribution in [0.3, 0.4) is 0 Å². The summed E-state index contributed by atoms with van der Waals surface area (Å²) in [6, 6.07) is 2.45. The number of rotatable bonds is 9. The van der Waals surface area contributed by atoms with Crippen molar-refractivity contribution < 1.29 is 12.8 Å². The number of hydrogen-bond acceptors (Lipinski definition) is 4. The monoisotopic (exact) mass is 306 g/mol. The second-order valence-electron chi connectivity index (χ2n) is 4.10. The molecule has 0 aliphatic carbocycles. The normalized spacial score (nSPS) is 11.7. The lowest BCUT2D eigenvalue weighted by Gasteiger charge is -2.06. The third-order valence-corrected chi connectivity index (χ3v) is 4.64. The van der Waals surface area contributed by atoms with Crippen LogP contribution in [0.1, 0.15) is 25.7 Å². The van der Waals surface area contributed by atoms with Gasteiger partial charge in [0.15, 0.2) is 5.82 Å². The summed E-state index contributed by atoms with van der Waals surface area (Å²) in [5, 5.41) is -0.530. The average molecular weight is 306 g/mol. The van der Waals surface area contributed by atoms with Crippen LogP contribution in [0.2, 0.25) is 0 Å². The molecule has 1 aromatic rings. The maximum atomic E-state index is 13.3. The van der Waals surface area contributed by atoms with Crippen LogP contribution in [0.5, 0.6) is 0 Å². The Hall–Kier alpha value is -0.660. The predicted molar refractivity (Wildman–Crippen MR) is 76.2 cm³/mol. The summed E-state index contributed by atoms with van der Waals surface area (Å²) in [4.78, 5) is 3.56. The highest BCUT2D eigenvalue weighted by Crippen LogP contribution is 2.10. The van der Waals surface area contributed by atoms with E-state index >= 15 is 0 Å². The molecule has 108 valence electrons. The van der Waals surface area contributed by atoms with Crippen LogP contribution in [0.4, 0.5) is 4.39 Å². The molecule has 0 atom stereocenters. The molecule has 7 heteroatoms. The van der Waals surface area contributed by atoms with Crippen molar-refractivity contribution in [3.05, 3.63) is 24.1 Å². The highest BCUT2D eigenvalue weighted by Gasteiger charge is 2.19. The summed E-state index contributed by atoms with van der Waals surface area (Å²) < 4.78 is 39.2. The molecule has 4 nitrogen and oxygen atoms in total. The fourth-order valence-electron chi connectivity index (χ4n) is 1.57. The van der Waals surface area contributed by atoms with E-state index in [1.54, 1.807) is 0 Å². The number of halogens is 1. The molecule has 0 fully saturated rings. The van der Waals surface area contributed by atoms with E-state index in [9.17, 15) is 12.8 Å². The van der Waals surface area contributed by atoms with Gasteiger partial charge in [0.1, 0.15) is 0 Å². The molecule has 1 N–H and O–H groups in total. The zero-order chi connectivity index (χ0) is 14.1. The van der Waals surface area contributed by atoms with Crippen molar-refractivity contribution in [3.63, 3.8) is 0 Å². The number of unbranched alkanes of at least 4 members (excludes halogenated alkanes) is 3. The first-order valence-corrected chi connectivity index (χ1v) is 9.05. The lowest BCUT2D eigenvalue weighted by molar-refractivity contribution is 0.541. The summed E-state index contributed by atoms with van der Waals surface area (Å²) in [5.74, 6) is 0.306. The van der Waals surface area contributed by atoms with Gasteiger partial charge >= 0.3 is 0 Å². The Balaban J connectivity index is 2.34. The molecule has 1 heterocycles. The maximum absolute atomic E-state index is 13.3. The molecule has 0 bridgehead atoms. The zero-order valence-corrected chi connectivity index (χ0v) is 12.6. The van der Waals surface area contributed by atoms with Crippen molar-refractivity contribution >= 4 is 21.8 Å². The number of hydrogen-bond donors (Lipinski definition) is 1. The average Bonchev–Trinajstić information content (AvgIpc) is 2.38. The van der Waals surface area contributed by atoms with Gasteiger partial charge in [-0.05, 0) is 37.0 Å². The molecular weight excluding hydrogens is 287 g/mol. The van der Waals surface area contributed by atoms with Crippen LogP contribution < -0.4 is 4.72 Å². The summed E-state index contributed by atoms with van der Waals surface area (Å²) in [7, 11) is -3.83. The minimum Gasteiger partial charge on any atom is -0.241 e. The van der Waals surface area contributed by atoms with Gasteiger partial charge in [-0.25, -0.2) is 22.5 Å². The van der Waals surface area contributed by atoms with Crippen molar-refractivity contribution in [2.75, 3.05) is 18.6 Å². The third kappa shape index (κ3) is 5.88. The van der Waals surface area contributed by atoms with Crippen molar-refractivity contribution in [2.24, 2.45) is 0 Å². The van der Waals surface area contributed by atoms with Gasteiger partial charge in [0.05, 0.1) is 0 Å². The minimum atomic E-state index is -3.83. The number of pyridine rings is 1. The predicted octanol–water partition coefficient (Wildman–Crippen LogP) is 2.42. The number of thioether (sulfide) groups is 1. The molecule has 0 saturated carbocycles. The molecule has 0 aromatic carbocycles. The van der Waals surface area contributed by atoms with Crippen LogP contribution in [-0.4, -0.2) is 32.0 Å². The van der Waals surface area contributed by atoms with E-state index in [0.29, 0.717) is 6.54 Å². The molecule has 0 spiro atoms. The van der Waals surface area contributed by atoms with Crippen LogP contribution in [0, 0.1) is 5.82 Å². The smallest absolute Gasteiger partial charge is 0.241 e. The van der Waals surface area contributed by atoms with Crippen LogP contribution in [0.15, 0.2) is 23.4 Å². The van der Waals surface area contributed by atoms with Crippen molar-refractivity contribution in [3.8, 4) is 0 Å². The zero-order valence-electron chi connectivity index (χ0n) is 10.9. The van der Waals surface area contributed by atoms with Crippen molar-refractivity contribution in [1.82, 2.24) is 9.71 Å². The number of nitrogens with one attached hydrogen (secondary N) is 1. The van der Waals surface area contributed by atoms with Gasteiger partial charge < -0.3 is 0 Å². The first-order chi connectivity index (χ1) is 9.08. The second-order valence-corrected chi connectivity index (χ2v) is 6.76. The van der Waals surface area contributed by atoms with E-state index in [1.165, 1.54) is 12.3 Å². The fraction of sp³-hybridized carbons (Fsp3) is 0.583. The van der Waals surface area contributed by atoms with Gasteiger partial charge in [0.25, 0.3) is 10.0 Å². The Morgan fingerprint density at radius 1 is 1.32 bits per heavy atom. The van der Waals surface area contributed by atoms with Gasteiger partial charge in [-0.2, -0.15) is 11.8 Å². The molecule has 0 saturated heterocycles. The quantitative estimate of drug-likeness (QED) is 0.712. The molecule has 0 unspecified atom stereocenters. The molecule has 1 rings (SSSR count). The Labute approximate surface area is 118 Å². The fourth-order valence-corrected chi connectivity index (χ4v) is 3.14. The van der Waals surface area contributed by atoms with E-state index < -0.39 is 20.9 Å². The Morgan fingerprint density at radius 2 is 2.05 bits per heavy atom. The first-order valence-electron chi connectivity index (χ1n) is 6.17. The third-order valence-electron chi connectivity index (χ3n) is 2.55. The first kappa shape index (κ1) is 16.4. The van der Waals surface area contributed by atoms with Crippen molar-refractivity contribution in [1.29, 1.82) is 0 Å². The van der Waals surface area contributed by atoms with Gasteiger partial charge in [-0.3, -0.25) is 0 Å². The van der Waals surface area contributed by atoms with Gasteiger partial charge in [0, 0.05) is 12.7 Å². The molecule has 0 amide bonds. The summed E-state index contributed by atoms with van der Waals surface area (Å²) in [6.45, 7) is 0.317. The topological polar surface area (TPSA) is 59.1 Å². The molecule has 19 heavy (non-hydrogen) atoms. The SMILES string of the molecule is CSCCCCCCNS(=O)(=O)c1ncccc1F. The highest BCUT2D eigenvalue weighted by molar-refractivity contribution is 7.98. The summed E-state index contributed by atoms with van der Waals surface area (Å²) in [6.07, 6.45) is 7.27. The Kier molecular flexibility index (Phi) is 7.33. The Bertz CT molecular complexity index is 480. The standard InChI is InChI=1S/C12H19FN2O2S2/c1-18-10-5-3-2-4-9-15-19(16,17)12-11(13)7-6-8-14-12/h6-8,15H,2-5,9-10H2,1H3. The van der Waals surface area contributed by atoms with Gasteiger partial charge in [-0.1, -0.05) is 12.8 Å². The summed E-state index contributed by atoms with van der Waals surface area (Å²) >= 11 is 1.81. The van der Waals surface area contributed by atoms with Crippen LogP contribution >= 0.6 is 11.8 Å². The maximum Gasteiger partial charge on any atom is 0.261 e. The van der Waals surface area contributed by atoms with Crippen LogP contribution in [0.25, 0.3) is 0 Å². The number of sulfonamides is 1. The van der Waals surface area contributed by atoms with E-state index in [2.05, 4.69) is 16.0 Å². The van der Waals surface area contributed by atoms with E-state index in [4.69, 9.17) is 0 Å². The lowest BCUT2D eigenvalue weighted by atomic mass is 10.2. The lowest BCUT2D eigenvalue weighted by Crippen LogP contribution is -2.26. The van der Waals surface area contributed by atoms with E-state index in [0.717, 1.165) is 37.5 Å². The minimum absolute atomic E-state index is 0.317. The molecule has 0 aliphatic rings. The summed E-state index contributed by atoms with van der Waals surface area (Å²) in [5.41, 5.74) is 0. The Morgan fingerprint density at radius 3 is 2.74 bits per heavy atom. The highest BCUT2D eigenvalue weighted by atomic mass is 32.2. The van der Waals surface area contributed by atoms with Gasteiger partial charge in [-0.15, -0.1) is 0 Å². The van der Waals surface area contributed by atoms with Crippen molar-refractivity contribution in [2.45, 2.75) is 30.7 Å².